The Morgan fingerprint density at radius 2 is 2.08 bits per heavy atom. The van der Waals surface area contributed by atoms with Gasteiger partial charge in [0.2, 0.25) is 5.91 Å². The van der Waals surface area contributed by atoms with Crippen LogP contribution in [0.3, 0.4) is 0 Å². The van der Waals surface area contributed by atoms with E-state index in [1.165, 1.54) is 24.1 Å². The zero-order chi connectivity index (χ0) is 17.6. The van der Waals surface area contributed by atoms with Gasteiger partial charge in [0.25, 0.3) is 0 Å². The second-order valence-electron chi connectivity index (χ2n) is 7.52. The highest BCUT2D eigenvalue weighted by Gasteiger charge is 2.54. The number of carbonyl (C=O) groups is 1. The van der Waals surface area contributed by atoms with E-state index in [1.807, 2.05) is 30.0 Å². The summed E-state index contributed by atoms with van der Waals surface area (Å²) in [4.78, 5) is 19.9. The number of benzene rings is 1. The van der Waals surface area contributed by atoms with Crippen molar-refractivity contribution in [3.63, 3.8) is 0 Å². The van der Waals surface area contributed by atoms with Crippen molar-refractivity contribution in [1.82, 2.24) is 5.32 Å². The second kappa shape index (κ2) is 6.26. The fourth-order valence-corrected chi connectivity index (χ4v) is 4.34. The number of anilines is 1. The van der Waals surface area contributed by atoms with Crippen LogP contribution in [0, 0.1) is 0 Å². The number of allylic oxidation sites excluding steroid dienone is 2. The molecule has 1 saturated heterocycles. The summed E-state index contributed by atoms with van der Waals surface area (Å²) >= 11 is 6.21. The molecule has 0 bridgehead atoms. The lowest BCUT2D eigenvalue weighted by atomic mass is 9.76. The van der Waals surface area contributed by atoms with E-state index >= 15 is 0 Å². The first-order valence-corrected chi connectivity index (χ1v) is 9.44. The van der Waals surface area contributed by atoms with Gasteiger partial charge in [-0.2, -0.15) is 0 Å². The summed E-state index contributed by atoms with van der Waals surface area (Å²) in [5, 5.41) is 3.92. The number of rotatable bonds is 3. The van der Waals surface area contributed by atoms with Crippen LogP contribution in [0.15, 0.2) is 34.5 Å². The van der Waals surface area contributed by atoms with Crippen LogP contribution in [0.5, 0.6) is 0 Å². The molecule has 3 aliphatic rings. The van der Waals surface area contributed by atoms with Crippen molar-refractivity contribution in [3.8, 4) is 0 Å². The van der Waals surface area contributed by atoms with Gasteiger partial charge in [-0.25, -0.2) is 0 Å². The van der Waals surface area contributed by atoms with Crippen LogP contribution < -0.4 is 10.2 Å². The first-order valence-electron chi connectivity index (χ1n) is 9.07. The van der Waals surface area contributed by atoms with Crippen LogP contribution in [0.4, 0.5) is 5.69 Å². The Morgan fingerprint density at radius 3 is 2.76 bits per heavy atom. The quantitative estimate of drug-likeness (QED) is 0.835. The molecule has 1 aromatic carbocycles. The predicted octanol–water partition coefficient (Wildman–Crippen LogP) is 3.84. The third-order valence-electron chi connectivity index (χ3n) is 5.69. The van der Waals surface area contributed by atoms with Gasteiger partial charge >= 0.3 is 0 Å². The molecule has 0 unspecified atom stereocenters. The van der Waals surface area contributed by atoms with Crippen LogP contribution in [0.1, 0.15) is 45.1 Å². The van der Waals surface area contributed by atoms with Crippen LogP contribution in [-0.4, -0.2) is 31.3 Å². The Labute approximate surface area is 154 Å². The van der Waals surface area contributed by atoms with E-state index in [0.29, 0.717) is 24.7 Å². The Morgan fingerprint density at radius 1 is 1.32 bits per heavy atom. The Bertz CT molecular complexity index is 792. The van der Waals surface area contributed by atoms with Gasteiger partial charge in [-0.15, -0.1) is 0 Å². The van der Waals surface area contributed by atoms with Gasteiger partial charge in [0, 0.05) is 35.2 Å². The van der Waals surface area contributed by atoms with E-state index < -0.39 is 5.41 Å². The van der Waals surface area contributed by atoms with Gasteiger partial charge < -0.3 is 10.2 Å². The smallest absolute Gasteiger partial charge is 0.240 e. The molecule has 1 aromatic rings. The average Bonchev–Trinajstić information content (AvgIpc) is 2.78. The van der Waals surface area contributed by atoms with Crippen LogP contribution in [0.25, 0.3) is 0 Å². The molecule has 0 atom stereocenters. The first kappa shape index (κ1) is 16.8. The van der Waals surface area contributed by atoms with Gasteiger partial charge in [-0.05, 0) is 57.2 Å². The highest BCUT2D eigenvalue weighted by Crippen LogP contribution is 2.45. The number of hydrogen-bond donors (Lipinski definition) is 1. The summed E-state index contributed by atoms with van der Waals surface area (Å²) < 4.78 is 0. The van der Waals surface area contributed by atoms with E-state index in [4.69, 9.17) is 16.6 Å². The third-order valence-corrected chi connectivity index (χ3v) is 5.93. The highest BCUT2D eigenvalue weighted by molar-refractivity contribution is 6.31. The minimum Gasteiger partial charge on any atom is -0.314 e. The molecule has 1 fully saturated rings. The molecule has 1 aliphatic carbocycles. The molecule has 4 rings (SSSR count). The summed E-state index contributed by atoms with van der Waals surface area (Å²) in [6, 6.07) is 5.81. The molecule has 2 aliphatic heterocycles. The molecular formula is C20H24ClN3O. The minimum absolute atomic E-state index is 0.174. The normalized spacial score (nSPS) is 22.4. The number of carbonyl (C=O) groups excluding carboxylic acids is 1. The molecule has 1 amide bonds. The minimum atomic E-state index is -0.403. The highest BCUT2D eigenvalue weighted by atomic mass is 35.5. The van der Waals surface area contributed by atoms with E-state index in [-0.39, 0.29) is 5.91 Å². The fraction of sp³-hybridized carbons (Fsp3) is 0.500. The van der Waals surface area contributed by atoms with Crippen molar-refractivity contribution >= 4 is 28.9 Å². The molecular weight excluding hydrogens is 334 g/mol. The fourth-order valence-electron chi connectivity index (χ4n) is 4.18. The maximum absolute atomic E-state index is 13.1. The molecule has 1 N–H and O–H groups in total. The molecule has 0 radical (unpaired) electrons. The predicted molar refractivity (Wildman–Crippen MR) is 103 cm³/mol. The lowest BCUT2D eigenvalue weighted by molar-refractivity contribution is -0.124. The topological polar surface area (TPSA) is 44.7 Å². The summed E-state index contributed by atoms with van der Waals surface area (Å²) in [5.41, 5.74) is 5.23. The van der Waals surface area contributed by atoms with Gasteiger partial charge in [0.15, 0.2) is 0 Å². The number of amides is 1. The molecule has 4 nitrogen and oxygen atoms in total. The number of nitrogens with zero attached hydrogens (tertiary/aromatic N) is 2. The molecule has 132 valence electrons. The number of nitrogens with one attached hydrogen (secondary N) is 1. The van der Waals surface area contributed by atoms with Crippen molar-refractivity contribution in [2.45, 2.75) is 44.9 Å². The SMILES string of the molecule is CC1=C(/N=C(\C)CN2C(=O)C3(CNC3)c3ccc(Cl)cc32)CCCC1. The third kappa shape index (κ3) is 2.72. The maximum Gasteiger partial charge on any atom is 0.240 e. The van der Waals surface area contributed by atoms with E-state index in [2.05, 4.69) is 12.2 Å². The molecule has 0 saturated carbocycles. The van der Waals surface area contributed by atoms with Gasteiger partial charge in [-0.1, -0.05) is 23.2 Å². The molecule has 1 spiro atoms. The zero-order valence-electron chi connectivity index (χ0n) is 14.9. The standard InChI is InChI=1S/C20H24ClN3O/c1-13-5-3-4-6-17(13)23-14(2)10-24-18-9-15(21)7-8-16(18)20(19(24)25)11-22-12-20/h7-9,22H,3-6,10-12H2,1-2H3/b23-14+. The summed E-state index contributed by atoms with van der Waals surface area (Å²) in [6.45, 7) is 6.15. The Balaban J connectivity index is 1.65. The van der Waals surface area contributed by atoms with Crippen molar-refractivity contribution in [1.29, 1.82) is 0 Å². The summed E-state index contributed by atoms with van der Waals surface area (Å²) in [7, 11) is 0. The van der Waals surface area contributed by atoms with Crippen molar-refractivity contribution in [2.24, 2.45) is 4.99 Å². The van der Waals surface area contributed by atoms with Crippen LogP contribution in [0.2, 0.25) is 5.02 Å². The maximum atomic E-state index is 13.1. The van der Waals surface area contributed by atoms with Gasteiger partial charge in [-0.3, -0.25) is 9.79 Å². The number of fused-ring (bicyclic) bond motifs is 2. The lowest BCUT2D eigenvalue weighted by Gasteiger charge is -2.38. The number of aliphatic imine (C=N–C) groups is 1. The van der Waals surface area contributed by atoms with Gasteiger partial charge in [0.05, 0.1) is 6.54 Å². The van der Waals surface area contributed by atoms with Crippen molar-refractivity contribution in [3.05, 3.63) is 40.1 Å². The monoisotopic (exact) mass is 357 g/mol. The molecule has 0 aromatic heterocycles. The first-order chi connectivity index (χ1) is 12.0. The van der Waals surface area contributed by atoms with Crippen molar-refractivity contribution in [2.75, 3.05) is 24.5 Å². The lowest BCUT2D eigenvalue weighted by Crippen LogP contribution is -2.62. The van der Waals surface area contributed by atoms with E-state index in [1.54, 1.807) is 0 Å². The summed E-state index contributed by atoms with van der Waals surface area (Å²) in [6.07, 6.45) is 4.66. The summed E-state index contributed by atoms with van der Waals surface area (Å²) in [5.74, 6) is 0.174. The Hall–Kier alpha value is -1.65. The van der Waals surface area contributed by atoms with Crippen LogP contribution >= 0.6 is 11.6 Å². The Kier molecular flexibility index (Phi) is 4.20. The van der Waals surface area contributed by atoms with Crippen molar-refractivity contribution < 1.29 is 4.79 Å². The van der Waals surface area contributed by atoms with Gasteiger partial charge in [0.1, 0.15) is 5.41 Å². The average molecular weight is 358 g/mol. The van der Waals surface area contributed by atoms with Crippen LogP contribution in [-0.2, 0) is 10.2 Å². The number of halogens is 1. The molecule has 2 heterocycles. The zero-order valence-corrected chi connectivity index (χ0v) is 15.6. The second-order valence-corrected chi connectivity index (χ2v) is 7.96. The van der Waals surface area contributed by atoms with E-state index in [9.17, 15) is 4.79 Å². The molecule has 5 heteroatoms. The molecule has 25 heavy (non-hydrogen) atoms. The largest absolute Gasteiger partial charge is 0.314 e. The number of hydrogen-bond acceptors (Lipinski definition) is 3. The van der Waals surface area contributed by atoms with E-state index in [0.717, 1.165) is 29.8 Å².